The Balaban J connectivity index is 1.93. The molecule has 0 unspecified atom stereocenters. The summed E-state index contributed by atoms with van der Waals surface area (Å²) < 4.78 is 36.4. The molecule has 0 fully saturated rings. The second-order valence-electron chi connectivity index (χ2n) is 6.46. The number of sulfonamides is 1. The zero-order valence-electron chi connectivity index (χ0n) is 16.5. The molecular formula is C19H21N3O6S2. The van der Waals surface area contributed by atoms with Crippen LogP contribution in [0.4, 0.5) is 0 Å². The van der Waals surface area contributed by atoms with Crippen molar-refractivity contribution in [3.8, 4) is 0 Å². The molecule has 0 saturated heterocycles. The van der Waals surface area contributed by atoms with Crippen LogP contribution in [0.1, 0.15) is 22.5 Å². The highest BCUT2D eigenvalue weighted by Gasteiger charge is 2.15. The lowest BCUT2D eigenvalue weighted by molar-refractivity contribution is 0.0601. The van der Waals surface area contributed by atoms with Crippen molar-refractivity contribution in [1.82, 2.24) is 14.3 Å². The van der Waals surface area contributed by atoms with Gasteiger partial charge in [-0.25, -0.2) is 22.9 Å². The summed E-state index contributed by atoms with van der Waals surface area (Å²) in [6, 6.07) is 8.11. The smallest absolute Gasteiger partial charge is 0.337 e. The normalized spacial score (nSPS) is 11.7. The van der Waals surface area contributed by atoms with E-state index in [0.29, 0.717) is 39.6 Å². The lowest BCUT2D eigenvalue weighted by Gasteiger charge is -2.12. The van der Waals surface area contributed by atoms with Gasteiger partial charge in [-0.3, -0.25) is 9.36 Å². The maximum Gasteiger partial charge on any atom is 0.337 e. The molecule has 160 valence electrons. The van der Waals surface area contributed by atoms with Gasteiger partial charge in [0.25, 0.3) is 5.56 Å². The van der Waals surface area contributed by atoms with E-state index in [2.05, 4.69) is 9.71 Å². The van der Waals surface area contributed by atoms with Gasteiger partial charge in [-0.1, -0.05) is 11.8 Å². The molecule has 0 aliphatic heterocycles. The molecule has 9 nitrogen and oxygen atoms in total. The largest absolute Gasteiger partial charge is 0.467 e. The molecule has 0 aliphatic carbocycles. The van der Waals surface area contributed by atoms with Gasteiger partial charge in [0.1, 0.15) is 5.76 Å². The maximum atomic E-state index is 13.1. The molecule has 0 radical (unpaired) electrons. The summed E-state index contributed by atoms with van der Waals surface area (Å²) in [6.45, 7) is 0.492. The first kappa shape index (κ1) is 22.1. The van der Waals surface area contributed by atoms with E-state index >= 15 is 0 Å². The number of rotatable bonds is 9. The van der Waals surface area contributed by atoms with Crippen molar-refractivity contribution in [2.24, 2.45) is 0 Å². The third-order valence-corrected chi connectivity index (χ3v) is 5.94. The number of carbonyl (C=O) groups is 1. The minimum atomic E-state index is -3.25. The molecule has 0 aliphatic rings. The number of carbonyl (C=O) groups excluding carboxylic acids is 1. The zero-order chi connectivity index (χ0) is 21.7. The molecule has 1 aromatic carbocycles. The summed E-state index contributed by atoms with van der Waals surface area (Å²) in [5, 5.41) is 0.822. The Kier molecular flexibility index (Phi) is 6.95. The number of benzene rings is 1. The maximum absolute atomic E-state index is 13.1. The second-order valence-corrected chi connectivity index (χ2v) is 9.35. The fraction of sp³-hybridized carbons (Fsp3) is 0.316. The van der Waals surface area contributed by atoms with Gasteiger partial charge in [-0.15, -0.1) is 0 Å². The van der Waals surface area contributed by atoms with E-state index in [4.69, 9.17) is 9.15 Å². The number of esters is 1. The van der Waals surface area contributed by atoms with Gasteiger partial charge in [0.15, 0.2) is 5.16 Å². The van der Waals surface area contributed by atoms with Crippen molar-refractivity contribution in [1.29, 1.82) is 0 Å². The molecular weight excluding hydrogens is 430 g/mol. The molecule has 3 aromatic rings. The Morgan fingerprint density at radius 2 is 2.13 bits per heavy atom. The van der Waals surface area contributed by atoms with Gasteiger partial charge in [-0.2, -0.15) is 0 Å². The van der Waals surface area contributed by atoms with Gasteiger partial charge in [-0.05, 0) is 36.8 Å². The first-order valence-corrected chi connectivity index (χ1v) is 11.9. The summed E-state index contributed by atoms with van der Waals surface area (Å²) in [5.41, 5.74) is 0.425. The van der Waals surface area contributed by atoms with Gasteiger partial charge in [0.2, 0.25) is 10.0 Å². The highest BCUT2D eigenvalue weighted by atomic mass is 32.2. The quantitative estimate of drug-likeness (QED) is 0.226. The van der Waals surface area contributed by atoms with Crippen LogP contribution in [0, 0.1) is 0 Å². The van der Waals surface area contributed by atoms with E-state index in [1.165, 1.54) is 41.8 Å². The highest BCUT2D eigenvalue weighted by molar-refractivity contribution is 7.99. The summed E-state index contributed by atoms with van der Waals surface area (Å²) in [5.74, 6) is 0.625. The van der Waals surface area contributed by atoms with Crippen molar-refractivity contribution in [2.75, 3.05) is 25.7 Å². The van der Waals surface area contributed by atoms with Gasteiger partial charge < -0.3 is 9.15 Å². The van der Waals surface area contributed by atoms with E-state index in [9.17, 15) is 18.0 Å². The number of hydrogen-bond donors (Lipinski definition) is 1. The predicted molar refractivity (Wildman–Crippen MR) is 113 cm³/mol. The second kappa shape index (κ2) is 9.45. The number of methoxy groups -OCH3 is 1. The van der Waals surface area contributed by atoms with Crippen LogP contribution in [0.25, 0.3) is 10.9 Å². The lowest BCUT2D eigenvalue weighted by Crippen LogP contribution is -2.25. The first-order valence-electron chi connectivity index (χ1n) is 9.01. The molecule has 0 saturated carbocycles. The number of nitrogens with one attached hydrogen (secondary N) is 1. The summed E-state index contributed by atoms with van der Waals surface area (Å²) >= 11 is 1.33. The van der Waals surface area contributed by atoms with E-state index in [1.54, 1.807) is 18.2 Å². The third-order valence-electron chi connectivity index (χ3n) is 4.15. The number of aromatic nitrogens is 2. The van der Waals surface area contributed by atoms with E-state index < -0.39 is 16.0 Å². The minimum Gasteiger partial charge on any atom is -0.467 e. The van der Waals surface area contributed by atoms with Crippen molar-refractivity contribution in [3.05, 3.63) is 58.3 Å². The molecule has 0 atom stereocenters. The third kappa shape index (κ3) is 5.49. The van der Waals surface area contributed by atoms with Crippen molar-refractivity contribution >= 4 is 38.7 Å². The Bertz CT molecular complexity index is 1200. The zero-order valence-corrected chi connectivity index (χ0v) is 18.1. The molecule has 1 N–H and O–H groups in total. The van der Waals surface area contributed by atoms with Gasteiger partial charge in [0.05, 0.1) is 42.6 Å². The van der Waals surface area contributed by atoms with Crippen molar-refractivity contribution < 1.29 is 22.4 Å². The van der Waals surface area contributed by atoms with Crippen LogP contribution < -0.4 is 10.3 Å². The van der Waals surface area contributed by atoms with E-state index in [0.717, 1.165) is 6.26 Å². The molecule has 2 heterocycles. The standard InChI is InChI=1S/C19H21N3O6S2/c1-27-18(24)13-6-7-15-16(11-13)21-19(29-10-4-8-20-30(2,25)26)22(17(15)23)12-14-5-3-9-28-14/h3,5-7,9,11,20H,4,8,10,12H2,1-2H3. The molecule has 0 bridgehead atoms. The predicted octanol–water partition coefficient (Wildman–Crippen LogP) is 1.86. The Hall–Kier alpha value is -2.63. The average Bonchev–Trinajstić information content (AvgIpc) is 3.21. The number of fused-ring (bicyclic) bond motifs is 1. The Morgan fingerprint density at radius 3 is 2.80 bits per heavy atom. The number of ether oxygens (including phenoxy) is 1. The van der Waals surface area contributed by atoms with Crippen molar-refractivity contribution in [3.63, 3.8) is 0 Å². The molecule has 2 aromatic heterocycles. The molecule has 30 heavy (non-hydrogen) atoms. The number of hydrogen-bond acceptors (Lipinski definition) is 8. The molecule has 3 rings (SSSR count). The Morgan fingerprint density at radius 1 is 1.33 bits per heavy atom. The lowest BCUT2D eigenvalue weighted by atomic mass is 10.1. The summed E-state index contributed by atoms with van der Waals surface area (Å²) in [7, 11) is -1.96. The topological polar surface area (TPSA) is 120 Å². The first-order chi connectivity index (χ1) is 14.3. The van der Waals surface area contributed by atoms with Crippen LogP contribution in [-0.2, 0) is 21.3 Å². The van der Waals surface area contributed by atoms with Crippen LogP contribution in [-0.4, -0.2) is 49.6 Å². The average molecular weight is 452 g/mol. The van der Waals surface area contributed by atoms with Crippen LogP contribution >= 0.6 is 11.8 Å². The van der Waals surface area contributed by atoms with E-state index in [-0.39, 0.29) is 18.6 Å². The molecule has 0 amide bonds. The SMILES string of the molecule is COC(=O)c1ccc2c(=O)n(Cc3ccco3)c(SCCCNS(C)(=O)=O)nc2c1. The van der Waals surface area contributed by atoms with Gasteiger partial charge in [0, 0.05) is 12.3 Å². The number of furan rings is 1. The van der Waals surface area contributed by atoms with Crippen molar-refractivity contribution in [2.45, 2.75) is 18.1 Å². The number of thioether (sulfide) groups is 1. The van der Waals surface area contributed by atoms with E-state index in [1.807, 2.05) is 0 Å². The molecule has 11 heteroatoms. The fourth-order valence-corrected chi connectivity index (χ4v) is 4.20. The number of nitrogens with zero attached hydrogens (tertiary/aromatic N) is 2. The van der Waals surface area contributed by atoms with Crippen LogP contribution in [0.2, 0.25) is 0 Å². The van der Waals surface area contributed by atoms with Crippen LogP contribution in [0.15, 0.2) is 51.0 Å². The Labute approximate surface area is 177 Å². The summed E-state index contributed by atoms with van der Waals surface area (Å²) in [6.07, 6.45) is 3.18. The van der Waals surface area contributed by atoms with Gasteiger partial charge >= 0.3 is 5.97 Å². The molecule has 0 spiro atoms. The highest BCUT2D eigenvalue weighted by Crippen LogP contribution is 2.21. The monoisotopic (exact) mass is 451 g/mol. The van der Waals surface area contributed by atoms with Crippen LogP contribution in [0.5, 0.6) is 0 Å². The fourth-order valence-electron chi connectivity index (χ4n) is 2.75. The minimum absolute atomic E-state index is 0.206. The summed E-state index contributed by atoms with van der Waals surface area (Å²) in [4.78, 5) is 29.5. The van der Waals surface area contributed by atoms with Crippen LogP contribution in [0.3, 0.4) is 0 Å².